The van der Waals surface area contributed by atoms with Crippen LogP contribution in [0.1, 0.15) is 11.3 Å². The van der Waals surface area contributed by atoms with E-state index in [0.29, 0.717) is 5.56 Å². The first-order valence-corrected chi connectivity index (χ1v) is 7.42. The molecule has 0 N–H and O–H groups in total. The minimum atomic E-state index is -4.58. The highest BCUT2D eigenvalue weighted by Gasteiger charge is 2.35. The van der Waals surface area contributed by atoms with Crippen molar-refractivity contribution in [2.75, 3.05) is 0 Å². The smallest absolute Gasteiger partial charge is 0.435 e. The lowest BCUT2D eigenvalue weighted by atomic mass is 10.3. The Kier molecular flexibility index (Phi) is 4.54. The molecule has 26 heavy (non-hydrogen) atoms. The molecule has 0 bridgehead atoms. The third kappa shape index (κ3) is 3.93. The molecule has 9 heteroatoms. The Bertz CT molecular complexity index is 938. The molecule has 0 unspecified atom stereocenters. The van der Waals surface area contributed by atoms with Crippen molar-refractivity contribution in [2.24, 2.45) is 7.05 Å². The Morgan fingerprint density at radius 2 is 1.81 bits per heavy atom. The molecule has 5 nitrogen and oxygen atoms in total. The molecule has 0 aliphatic heterocycles. The number of ether oxygens (including phenoxy) is 2. The summed E-state index contributed by atoms with van der Waals surface area (Å²) in [5.74, 6) is -0.214. The largest absolute Gasteiger partial charge is 0.439 e. The van der Waals surface area contributed by atoms with Gasteiger partial charge in [-0.2, -0.15) is 23.3 Å². The van der Waals surface area contributed by atoms with Gasteiger partial charge < -0.3 is 9.47 Å². The maximum atomic E-state index is 13.2. The number of alkyl halides is 3. The fraction of sp³-hybridized carbons (Fsp3) is 0.176. The molecular weight excluding hydrogens is 354 g/mol. The quantitative estimate of drug-likeness (QED) is 0.618. The number of benzene rings is 1. The number of hydrogen-bond donors (Lipinski definition) is 0. The average molecular weight is 367 g/mol. The van der Waals surface area contributed by atoms with Crippen molar-refractivity contribution >= 4 is 0 Å². The third-order valence-electron chi connectivity index (χ3n) is 3.37. The Morgan fingerprint density at radius 3 is 2.46 bits per heavy atom. The van der Waals surface area contributed by atoms with Crippen LogP contribution in [0.4, 0.5) is 17.6 Å². The van der Waals surface area contributed by atoms with Crippen molar-refractivity contribution in [3.05, 3.63) is 59.5 Å². The van der Waals surface area contributed by atoms with Crippen LogP contribution in [0.3, 0.4) is 0 Å². The van der Waals surface area contributed by atoms with Crippen LogP contribution in [0, 0.1) is 12.7 Å². The molecule has 2 heterocycles. The van der Waals surface area contributed by atoms with E-state index in [-0.39, 0.29) is 23.4 Å². The zero-order chi connectivity index (χ0) is 18.9. The van der Waals surface area contributed by atoms with E-state index in [4.69, 9.17) is 9.47 Å². The number of rotatable bonds is 4. The van der Waals surface area contributed by atoms with Crippen molar-refractivity contribution in [3.63, 3.8) is 0 Å². The fourth-order valence-corrected chi connectivity index (χ4v) is 2.09. The van der Waals surface area contributed by atoms with Gasteiger partial charge in [-0.3, -0.25) is 0 Å². The average Bonchev–Trinajstić information content (AvgIpc) is 2.92. The van der Waals surface area contributed by atoms with Crippen molar-refractivity contribution in [1.29, 1.82) is 0 Å². The van der Waals surface area contributed by atoms with Crippen LogP contribution in [-0.4, -0.2) is 14.8 Å². The molecule has 1 aromatic carbocycles. The van der Waals surface area contributed by atoms with Crippen molar-refractivity contribution in [1.82, 2.24) is 14.8 Å². The van der Waals surface area contributed by atoms with Gasteiger partial charge in [0, 0.05) is 30.8 Å². The highest BCUT2D eigenvalue weighted by molar-refractivity contribution is 5.35. The molecule has 3 rings (SSSR count). The lowest BCUT2D eigenvalue weighted by Gasteiger charge is -2.10. The van der Waals surface area contributed by atoms with Crippen LogP contribution in [0.25, 0.3) is 0 Å². The minimum Gasteiger partial charge on any atom is -0.439 e. The molecule has 3 aromatic rings. The van der Waals surface area contributed by atoms with Gasteiger partial charge in [-0.25, -0.2) is 9.07 Å². The maximum Gasteiger partial charge on any atom is 0.435 e. The van der Waals surface area contributed by atoms with E-state index < -0.39 is 17.7 Å². The van der Waals surface area contributed by atoms with E-state index in [1.807, 2.05) is 0 Å². The summed E-state index contributed by atoms with van der Waals surface area (Å²) in [4.78, 5) is 4.12. The summed E-state index contributed by atoms with van der Waals surface area (Å²) in [5, 5.41) is 3.37. The van der Waals surface area contributed by atoms with Gasteiger partial charge in [-0.05, 0) is 25.1 Å². The van der Waals surface area contributed by atoms with E-state index in [2.05, 4.69) is 10.1 Å². The van der Waals surface area contributed by atoms with E-state index in [1.54, 1.807) is 19.1 Å². The SMILES string of the molecule is Cc1ccc(Oc2cccc(F)c2)nc1Oc1cc(C(F)(F)F)nn1C. The van der Waals surface area contributed by atoms with Gasteiger partial charge in [0.15, 0.2) is 5.69 Å². The summed E-state index contributed by atoms with van der Waals surface area (Å²) in [7, 11) is 1.33. The molecule has 0 fully saturated rings. The molecule has 0 spiro atoms. The van der Waals surface area contributed by atoms with Gasteiger partial charge in [0.25, 0.3) is 0 Å². The predicted octanol–water partition coefficient (Wildman–Crippen LogP) is 4.87. The van der Waals surface area contributed by atoms with Crippen molar-refractivity contribution in [3.8, 4) is 23.4 Å². The topological polar surface area (TPSA) is 49.2 Å². The second-order valence-corrected chi connectivity index (χ2v) is 5.42. The zero-order valence-electron chi connectivity index (χ0n) is 13.7. The van der Waals surface area contributed by atoms with Gasteiger partial charge in [0.2, 0.25) is 17.6 Å². The number of pyridine rings is 1. The van der Waals surface area contributed by atoms with E-state index in [9.17, 15) is 17.6 Å². The van der Waals surface area contributed by atoms with Gasteiger partial charge in [-0.15, -0.1) is 0 Å². The normalized spacial score (nSPS) is 11.5. The van der Waals surface area contributed by atoms with Gasteiger partial charge in [0.1, 0.15) is 11.6 Å². The van der Waals surface area contributed by atoms with Crippen LogP contribution >= 0.6 is 0 Å². The monoisotopic (exact) mass is 367 g/mol. The minimum absolute atomic E-state index is 0.0515. The summed E-state index contributed by atoms with van der Waals surface area (Å²) >= 11 is 0. The molecule has 0 amide bonds. The Hall–Kier alpha value is -3.10. The highest BCUT2D eigenvalue weighted by Crippen LogP contribution is 2.33. The summed E-state index contributed by atoms with van der Waals surface area (Å²) in [6.45, 7) is 1.68. The molecule has 0 aliphatic rings. The first kappa shape index (κ1) is 17.7. The Labute approximate surface area is 145 Å². The second-order valence-electron chi connectivity index (χ2n) is 5.42. The van der Waals surface area contributed by atoms with Crippen LogP contribution in [0.2, 0.25) is 0 Å². The lowest BCUT2D eigenvalue weighted by Crippen LogP contribution is -2.06. The van der Waals surface area contributed by atoms with E-state index in [1.165, 1.54) is 31.3 Å². The summed E-state index contributed by atoms with van der Waals surface area (Å²) in [5.41, 5.74) is -0.494. The highest BCUT2D eigenvalue weighted by atomic mass is 19.4. The first-order valence-electron chi connectivity index (χ1n) is 7.42. The van der Waals surface area contributed by atoms with Crippen LogP contribution in [0.15, 0.2) is 42.5 Å². The number of nitrogens with zero attached hydrogens (tertiary/aromatic N) is 3. The van der Waals surface area contributed by atoms with Gasteiger partial charge in [0.05, 0.1) is 0 Å². The molecule has 0 aliphatic carbocycles. The van der Waals surface area contributed by atoms with Gasteiger partial charge >= 0.3 is 6.18 Å². The zero-order valence-corrected chi connectivity index (χ0v) is 13.7. The Balaban J connectivity index is 1.86. The third-order valence-corrected chi connectivity index (χ3v) is 3.37. The van der Waals surface area contributed by atoms with Crippen molar-refractivity contribution < 1.29 is 27.0 Å². The number of aryl methyl sites for hydroxylation is 2. The van der Waals surface area contributed by atoms with E-state index in [0.717, 1.165) is 10.7 Å². The Morgan fingerprint density at radius 1 is 1.04 bits per heavy atom. The number of halogens is 4. The molecular formula is C17H13F4N3O2. The number of aromatic nitrogens is 3. The first-order chi connectivity index (χ1) is 12.2. The molecule has 0 saturated carbocycles. The van der Waals surface area contributed by atoms with Crippen molar-refractivity contribution in [2.45, 2.75) is 13.1 Å². The lowest BCUT2D eigenvalue weighted by molar-refractivity contribution is -0.141. The molecule has 2 aromatic heterocycles. The van der Waals surface area contributed by atoms with Gasteiger partial charge in [-0.1, -0.05) is 6.07 Å². The van der Waals surface area contributed by atoms with Crippen LogP contribution < -0.4 is 9.47 Å². The van der Waals surface area contributed by atoms with Crippen LogP contribution in [0.5, 0.6) is 23.4 Å². The summed E-state index contributed by atoms with van der Waals surface area (Å²) < 4.78 is 63.3. The fourth-order valence-electron chi connectivity index (χ4n) is 2.09. The molecule has 0 saturated heterocycles. The summed E-state index contributed by atoms with van der Waals surface area (Å²) in [6, 6.07) is 9.41. The number of hydrogen-bond acceptors (Lipinski definition) is 4. The predicted molar refractivity (Wildman–Crippen MR) is 83.7 cm³/mol. The molecule has 0 radical (unpaired) electrons. The summed E-state index contributed by atoms with van der Waals surface area (Å²) in [6.07, 6.45) is -4.58. The molecule has 0 atom stereocenters. The maximum absolute atomic E-state index is 13.2. The van der Waals surface area contributed by atoms with Crippen LogP contribution in [-0.2, 0) is 13.2 Å². The second kappa shape index (κ2) is 6.66. The van der Waals surface area contributed by atoms with E-state index >= 15 is 0 Å². The molecule has 136 valence electrons. The standard InChI is InChI=1S/C17H13F4N3O2/c1-10-6-7-14(25-12-5-3-4-11(18)8-12)22-16(10)26-15-9-13(17(19,20)21)23-24(15)2/h3-9H,1-2H3.